The summed E-state index contributed by atoms with van der Waals surface area (Å²) in [7, 11) is 0. The van der Waals surface area contributed by atoms with Crippen LogP contribution in [0.15, 0.2) is 87.9 Å². The van der Waals surface area contributed by atoms with Crippen molar-refractivity contribution in [2.45, 2.75) is 12.1 Å². The maximum Gasteiger partial charge on any atom is 0.262 e. The predicted molar refractivity (Wildman–Crippen MR) is 113 cm³/mol. The summed E-state index contributed by atoms with van der Waals surface area (Å²) in [5, 5.41) is 0. The highest BCUT2D eigenvalue weighted by atomic mass is 79.9. The molecule has 0 saturated heterocycles. The molecule has 134 valence electrons. The van der Waals surface area contributed by atoms with E-state index in [9.17, 15) is 9.59 Å². The Morgan fingerprint density at radius 1 is 0.852 bits per heavy atom. The monoisotopic (exact) mass is 483 g/mol. The van der Waals surface area contributed by atoms with E-state index < -0.39 is 5.54 Å². The molecule has 0 bridgehead atoms. The van der Waals surface area contributed by atoms with Crippen LogP contribution in [0.25, 0.3) is 5.57 Å². The molecule has 1 heterocycles. The summed E-state index contributed by atoms with van der Waals surface area (Å²) < 4.78 is 1.46. The lowest BCUT2D eigenvalue weighted by atomic mass is 9.82. The minimum Gasteiger partial charge on any atom is -0.317 e. The van der Waals surface area contributed by atoms with Crippen molar-refractivity contribution in [3.05, 3.63) is 99.0 Å². The molecule has 2 aromatic carbocycles. The van der Waals surface area contributed by atoms with Crippen molar-refractivity contribution in [3.8, 4) is 0 Å². The minimum absolute atomic E-state index is 0.0793. The number of ketones is 1. The Kier molecular flexibility index (Phi) is 4.74. The molecule has 0 saturated carbocycles. The molecule has 0 fully saturated rings. The molecule has 1 aliphatic heterocycles. The molecule has 3 nitrogen and oxygen atoms in total. The van der Waals surface area contributed by atoms with Crippen molar-refractivity contribution < 1.29 is 9.59 Å². The Labute approximate surface area is 174 Å². The molecule has 1 spiro atoms. The molecule has 0 aromatic heterocycles. The SMILES string of the molecule is O=C1C=CC2(C=C1)C(c1ccccc1)=C(Br)C(=O)N2Cc1ccccc1Br. The summed E-state index contributed by atoms with van der Waals surface area (Å²) in [4.78, 5) is 26.8. The number of carbonyl (C=O) groups is 2. The Morgan fingerprint density at radius 3 is 2.15 bits per heavy atom. The molecule has 0 atom stereocenters. The minimum atomic E-state index is -0.805. The number of carbonyl (C=O) groups excluding carboxylic acids is 2. The molecule has 1 aliphatic carbocycles. The fourth-order valence-electron chi connectivity index (χ4n) is 3.54. The van der Waals surface area contributed by atoms with Crippen LogP contribution in [0.5, 0.6) is 0 Å². The van der Waals surface area contributed by atoms with Gasteiger partial charge in [-0.05, 0) is 57.4 Å². The van der Waals surface area contributed by atoms with Crippen LogP contribution in [-0.4, -0.2) is 22.1 Å². The van der Waals surface area contributed by atoms with Gasteiger partial charge in [0.15, 0.2) is 5.78 Å². The van der Waals surface area contributed by atoms with Crippen LogP contribution in [0.1, 0.15) is 11.1 Å². The van der Waals surface area contributed by atoms with Crippen LogP contribution in [0, 0.1) is 0 Å². The third-order valence-electron chi connectivity index (χ3n) is 4.85. The quantitative estimate of drug-likeness (QED) is 0.612. The normalized spacial score (nSPS) is 18.1. The number of halogens is 2. The van der Waals surface area contributed by atoms with Gasteiger partial charge in [0.25, 0.3) is 5.91 Å². The highest BCUT2D eigenvalue weighted by molar-refractivity contribution is 9.12. The molecule has 2 aliphatic rings. The van der Waals surface area contributed by atoms with Gasteiger partial charge < -0.3 is 4.90 Å². The first kappa shape index (κ1) is 18.1. The lowest BCUT2D eigenvalue weighted by molar-refractivity contribution is -0.127. The molecular formula is C22H15Br2NO2. The van der Waals surface area contributed by atoms with E-state index in [-0.39, 0.29) is 11.7 Å². The first-order valence-electron chi connectivity index (χ1n) is 8.46. The van der Waals surface area contributed by atoms with Gasteiger partial charge in [-0.25, -0.2) is 0 Å². The first-order chi connectivity index (χ1) is 13.0. The van der Waals surface area contributed by atoms with Crippen molar-refractivity contribution in [1.29, 1.82) is 0 Å². The van der Waals surface area contributed by atoms with E-state index in [4.69, 9.17) is 0 Å². The zero-order chi connectivity index (χ0) is 19.0. The summed E-state index contributed by atoms with van der Waals surface area (Å²) in [6, 6.07) is 17.6. The fourth-order valence-corrected chi connectivity index (χ4v) is 4.71. The lowest BCUT2D eigenvalue weighted by Crippen LogP contribution is -2.45. The van der Waals surface area contributed by atoms with Gasteiger partial charge in [-0.1, -0.05) is 64.5 Å². The Morgan fingerprint density at radius 2 is 1.48 bits per heavy atom. The molecule has 1 amide bonds. The van der Waals surface area contributed by atoms with Crippen LogP contribution in [0.3, 0.4) is 0 Å². The highest BCUT2D eigenvalue weighted by Gasteiger charge is 2.49. The van der Waals surface area contributed by atoms with Gasteiger partial charge in [0.1, 0.15) is 5.54 Å². The molecule has 0 unspecified atom stereocenters. The van der Waals surface area contributed by atoms with Gasteiger partial charge in [0.05, 0.1) is 4.48 Å². The van der Waals surface area contributed by atoms with Crippen LogP contribution in [0.2, 0.25) is 0 Å². The average Bonchev–Trinajstić information content (AvgIpc) is 2.88. The fraction of sp³-hybridized carbons (Fsp3) is 0.0909. The third kappa shape index (κ3) is 3.05. The Balaban J connectivity index is 1.87. The summed E-state index contributed by atoms with van der Waals surface area (Å²) in [6.45, 7) is 0.411. The van der Waals surface area contributed by atoms with Crippen molar-refractivity contribution in [3.63, 3.8) is 0 Å². The zero-order valence-electron chi connectivity index (χ0n) is 14.2. The molecule has 4 rings (SSSR count). The Bertz CT molecular complexity index is 1010. The van der Waals surface area contributed by atoms with Crippen molar-refractivity contribution in [2.75, 3.05) is 0 Å². The summed E-state index contributed by atoms with van der Waals surface area (Å²) in [6.07, 6.45) is 6.71. The van der Waals surface area contributed by atoms with Gasteiger partial charge in [-0.3, -0.25) is 9.59 Å². The van der Waals surface area contributed by atoms with Crippen LogP contribution in [-0.2, 0) is 16.1 Å². The Hall–Kier alpha value is -2.24. The van der Waals surface area contributed by atoms with E-state index in [2.05, 4.69) is 31.9 Å². The topological polar surface area (TPSA) is 37.4 Å². The second-order valence-electron chi connectivity index (χ2n) is 6.43. The molecule has 0 N–H and O–H groups in total. The maximum atomic E-state index is 13.2. The van der Waals surface area contributed by atoms with E-state index in [1.807, 2.05) is 66.7 Å². The van der Waals surface area contributed by atoms with E-state index in [0.29, 0.717) is 11.0 Å². The maximum absolute atomic E-state index is 13.2. The lowest BCUT2D eigenvalue weighted by Gasteiger charge is -2.37. The summed E-state index contributed by atoms with van der Waals surface area (Å²) >= 11 is 7.10. The molecule has 27 heavy (non-hydrogen) atoms. The number of benzene rings is 2. The summed E-state index contributed by atoms with van der Waals surface area (Å²) in [5.74, 6) is -0.183. The van der Waals surface area contributed by atoms with Gasteiger partial charge in [-0.15, -0.1) is 0 Å². The van der Waals surface area contributed by atoms with E-state index in [1.54, 1.807) is 4.90 Å². The number of amides is 1. The zero-order valence-corrected chi connectivity index (χ0v) is 17.4. The molecule has 0 radical (unpaired) electrons. The van der Waals surface area contributed by atoms with Gasteiger partial charge >= 0.3 is 0 Å². The highest BCUT2D eigenvalue weighted by Crippen LogP contribution is 2.48. The molecule has 2 aromatic rings. The van der Waals surface area contributed by atoms with Gasteiger partial charge in [-0.2, -0.15) is 0 Å². The summed E-state index contributed by atoms with van der Waals surface area (Å²) in [5.41, 5.74) is 1.98. The van der Waals surface area contributed by atoms with E-state index >= 15 is 0 Å². The number of hydrogen-bond donors (Lipinski definition) is 0. The van der Waals surface area contributed by atoms with Gasteiger partial charge in [0.2, 0.25) is 0 Å². The van der Waals surface area contributed by atoms with E-state index in [1.165, 1.54) is 12.2 Å². The number of allylic oxidation sites excluding steroid dienone is 2. The van der Waals surface area contributed by atoms with Crippen molar-refractivity contribution >= 4 is 49.1 Å². The number of rotatable bonds is 3. The van der Waals surface area contributed by atoms with Crippen LogP contribution in [0.4, 0.5) is 0 Å². The number of hydrogen-bond acceptors (Lipinski definition) is 2. The first-order valence-corrected chi connectivity index (χ1v) is 10.0. The third-order valence-corrected chi connectivity index (χ3v) is 6.36. The molecular weight excluding hydrogens is 470 g/mol. The number of nitrogens with zero attached hydrogens (tertiary/aromatic N) is 1. The van der Waals surface area contributed by atoms with E-state index in [0.717, 1.165) is 21.2 Å². The van der Waals surface area contributed by atoms with Crippen molar-refractivity contribution in [2.24, 2.45) is 0 Å². The van der Waals surface area contributed by atoms with Crippen LogP contribution >= 0.6 is 31.9 Å². The molecule has 5 heteroatoms. The van der Waals surface area contributed by atoms with Crippen LogP contribution < -0.4 is 0 Å². The largest absolute Gasteiger partial charge is 0.317 e. The van der Waals surface area contributed by atoms with Gasteiger partial charge in [0, 0.05) is 16.6 Å². The second-order valence-corrected chi connectivity index (χ2v) is 8.08. The van der Waals surface area contributed by atoms with Crippen molar-refractivity contribution in [1.82, 2.24) is 4.90 Å². The standard InChI is InChI=1S/C22H15Br2NO2/c23-18-9-5-4-8-16(18)14-25-21(27)20(24)19(15-6-2-1-3-7-15)22(25)12-10-17(26)11-13-22/h1-13H,14H2. The predicted octanol–water partition coefficient (Wildman–Crippen LogP) is 5.03. The average molecular weight is 485 g/mol. The second kappa shape index (κ2) is 7.06. The smallest absolute Gasteiger partial charge is 0.262 e.